The zero-order chi connectivity index (χ0) is 44.1. The van der Waals surface area contributed by atoms with E-state index in [1.54, 1.807) is 0 Å². The predicted molar refractivity (Wildman–Crippen MR) is 272 cm³/mol. The summed E-state index contributed by atoms with van der Waals surface area (Å²) in [5.74, 6) is 1.39. The molecule has 0 unspecified atom stereocenters. The van der Waals surface area contributed by atoms with E-state index in [4.69, 9.17) is 19.9 Å². The molecule has 11 rings (SSSR count). The first-order valence-corrected chi connectivity index (χ1v) is 22.2. The van der Waals surface area contributed by atoms with E-state index in [2.05, 4.69) is 182 Å². The fourth-order valence-electron chi connectivity index (χ4n) is 8.62. The van der Waals surface area contributed by atoms with Crippen LogP contribution in [0.3, 0.4) is 0 Å². The van der Waals surface area contributed by atoms with Crippen LogP contribution in [0.2, 0.25) is 0 Å². The van der Waals surface area contributed by atoms with Gasteiger partial charge in [0, 0.05) is 33.4 Å². The Bertz CT molecular complexity index is 3330. The Morgan fingerprint density at radius 1 is 0.167 bits per heavy atom. The van der Waals surface area contributed by atoms with Crippen molar-refractivity contribution in [3.63, 3.8) is 0 Å². The number of hydrogen-bond acceptors (Lipinski definition) is 4. The SMILES string of the molecule is c1ccc(-c2cc(-c3ccc(-c4cccc(-c5ccccc5-c5ccccc5-c5cccc(-c6nc(-c7ccccc7)cc(-c7ccccc7)n6)c5)c4)cc3)nc(-c3ccccc3)n2)cc1. The largest absolute Gasteiger partial charge is 0.228 e. The third-order valence-corrected chi connectivity index (χ3v) is 12.0. The number of benzene rings is 9. The van der Waals surface area contributed by atoms with Crippen molar-refractivity contribution in [3.8, 4) is 112 Å². The number of rotatable bonds is 10. The lowest BCUT2D eigenvalue weighted by atomic mass is 9.88. The van der Waals surface area contributed by atoms with E-state index in [0.29, 0.717) is 11.6 Å². The Kier molecular flexibility index (Phi) is 10.9. The predicted octanol–water partition coefficient (Wildman–Crippen LogP) is 15.9. The Morgan fingerprint density at radius 2 is 0.455 bits per heavy atom. The highest BCUT2D eigenvalue weighted by Crippen LogP contribution is 2.40. The van der Waals surface area contributed by atoms with Crippen LogP contribution in [0.5, 0.6) is 0 Å². The molecular formula is C62H42N4. The van der Waals surface area contributed by atoms with Crippen molar-refractivity contribution in [3.05, 3.63) is 255 Å². The van der Waals surface area contributed by atoms with Gasteiger partial charge in [-0.3, -0.25) is 0 Å². The second kappa shape index (κ2) is 18.1. The molecule has 0 N–H and O–H groups in total. The fraction of sp³-hybridized carbons (Fsp3) is 0. The minimum Gasteiger partial charge on any atom is -0.228 e. The number of nitrogens with zero attached hydrogens (tertiary/aromatic N) is 4. The summed E-state index contributed by atoms with van der Waals surface area (Å²) in [5.41, 5.74) is 18.8. The average Bonchev–Trinajstić information content (AvgIpc) is 3.42. The Labute approximate surface area is 385 Å². The van der Waals surface area contributed by atoms with Crippen molar-refractivity contribution in [2.75, 3.05) is 0 Å². The van der Waals surface area contributed by atoms with Crippen LogP contribution >= 0.6 is 0 Å². The van der Waals surface area contributed by atoms with Crippen LogP contribution in [0.15, 0.2) is 255 Å². The van der Waals surface area contributed by atoms with E-state index >= 15 is 0 Å². The topological polar surface area (TPSA) is 51.6 Å². The second-order valence-corrected chi connectivity index (χ2v) is 16.2. The van der Waals surface area contributed by atoms with Gasteiger partial charge in [0.05, 0.1) is 22.8 Å². The van der Waals surface area contributed by atoms with Crippen LogP contribution in [0.4, 0.5) is 0 Å². The summed E-state index contributed by atoms with van der Waals surface area (Å²) in [7, 11) is 0. The van der Waals surface area contributed by atoms with Crippen LogP contribution in [-0.2, 0) is 0 Å². The average molecular weight is 843 g/mol. The summed E-state index contributed by atoms with van der Waals surface area (Å²) in [5, 5.41) is 0. The molecule has 2 aromatic heterocycles. The third kappa shape index (κ3) is 8.35. The monoisotopic (exact) mass is 842 g/mol. The molecule has 0 atom stereocenters. The van der Waals surface area contributed by atoms with Crippen LogP contribution in [-0.4, -0.2) is 19.9 Å². The summed E-state index contributed by atoms with van der Waals surface area (Å²) in [6, 6.07) is 88.8. The number of hydrogen-bond donors (Lipinski definition) is 0. The lowest BCUT2D eigenvalue weighted by molar-refractivity contribution is 1.18. The first kappa shape index (κ1) is 40.0. The van der Waals surface area contributed by atoms with Gasteiger partial charge < -0.3 is 0 Å². The highest BCUT2D eigenvalue weighted by Gasteiger charge is 2.16. The molecule has 0 aliphatic heterocycles. The first-order chi connectivity index (χ1) is 32.7. The normalized spacial score (nSPS) is 11.0. The quantitative estimate of drug-likeness (QED) is 0.138. The van der Waals surface area contributed by atoms with Gasteiger partial charge in [0.1, 0.15) is 0 Å². The molecule has 0 saturated heterocycles. The summed E-state index contributed by atoms with van der Waals surface area (Å²) >= 11 is 0. The maximum Gasteiger partial charge on any atom is 0.160 e. The van der Waals surface area contributed by atoms with Gasteiger partial charge in [-0.05, 0) is 68.8 Å². The van der Waals surface area contributed by atoms with Crippen molar-refractivity contribution >= 4 is 0 Å². The molecule has 0 aliphatic rings. The van der Waals surface area contributed by atoms with E-state index in [0.717, 1.165) is 101 Å². The molecule has 0 fully saturated rings. The molecule has 2 heterocycles. The molecule has 0 radical (unpaired) electrons. The minimum atomic E-state index is 0.686. The van der Waals surface area contributed by atoms with E-state index in [9.17, 15) is 0 Å². The van der Waals surface area contributed by atoms with Crippen LogP contribution in [0.25, 0.3) is 112 Å². The summed E-state index contributed by atoms with van der Waals surface area (Å²) in [4.78, 5) is 20.3. The molecule has 0 bridgehead atoms. The molecule has 0 spiro atoms. The summed E-state index contributed by atoms with van der Waals surface area (Å²) in [6.07, 6.45) is 0. The highest BCUT2D eigenvalue weighted by molar-refractivity contribution is 5.93. The molecule has 66 heavy (non-hydrogen) atoms. The zero-order valence-corrected chi connectivity index (χ0v) is 36.0. The van der Waals surface area contributed by atoms with E-state index in [-0.39, 0.29) is 0 Å². The Balaban J connectivity index is 0.928. The van der Waals surface area contributed by atoms with Crippen LogP contribution < -0.4 is 0 Å². The fourth-order valence-corrected chi connectivity index (χ4v) is 8.62. The lowest BCUT2D eigenvalue weighted by Gasteiger charge is -2.16. The van der Waals surface area contributed by atoms with Crippen molar-refractivity contribution in [2.24, 2.45) is 0 Å². The smallest absolute Gasteiger partial charge is 0.160 e. The molecular weight excluding hydrogens is 801 g/mol. The molecule has 11 aromatic rings. The maximum atomic E-state index is 5.13. The molecule has 0 saturated carbocycles. The van der Waals surface area contributed by atoms with Gasteiger partial charge in [0.2, 0.25) is 0 Å². The molecule has 4 heteroatoms. The Hall–Kier alpha value is -8.86. The van der Waals surface area contributed by atoms with Crippen LogP contribution in [0.1, 0.15) is 0 Å². The van der Waals surface area contributed by atoms with Crippen molar-refractivity contribution < 1.29 is 0 Å². The van der Waals surface area contributed by atoms with Gasteiger partial charge in [-0.15, -0.1) is 0 Å². The van der Waals surface area contributed by atoms with Crippen molar-refractivity contribution in [1.82, 2.24) is 19.9 Å². The van der Waals surface area contributed by atoms with E-state index < -0.39 is 0 Å². The number of aromatic nitrogens is 4. The molecule has 310 valence electrons. The molecule has 0 aliphatic carbocycles. The van der Waals surface area contributed by atoms with Crippen LogP contribution in [0, 0.1) is 0 Å². The second-order valence-electron chi connectivity index (χ2n) is 16.2. The van der Waals surface area contributed by atoms with Gasteiger partial charge in [-0.25, -0.2) is 19.9 Å². The Morgan fingerprint density at radius 3 is 0.894 bits per heavy atom. The molecule has 0 amide bonds. The van der Waals surface area contributed by atoms with Crippen molar-refractivity contribution in [2.45, 2.75) is 0 Å². The van der Waals surface area contributed by atoms with Gasteiger partial charge >= 0.3 is 0 Å². The van der Waals surface area contributed by atoms with Gasteiger partial charge in [0.15, 0.2) is 11.6 Å². The molecule has 4 nitrogen and oxygen atoms in total. The highest BCUT2D eigenvalue weighted by atomic mass is 14.9. The summed E-state index contributed by atoms with van der Waals surface area (Å²) in [6.45, 7) is 0. The maximum absolute atomic E-state index is 5.13. The van der Waals surface area contributed by atoms with Gasteiger partial charge in [0.25, 0.3) is 0 Å². The van der Waals surface area contributed by atoms with E-state index in [1.807, 2.05) is 72.8 Å². The zero-order valence-electron chi connectivity index (χ0n) is 36.0. The van der Waals surface area contributed by atoms with Gasteiger partial charge in [-0.2, -0.15) is 0 Å². The van der Waals surface area contributed by atoms with Crippen molar-refractivity contribution in [1.29, 1.82) is 0 Å². The first-order valence-electron chi connectivity index (χ1n) is 22.2. The minimum absolute atomic E-state index is 0.686. The standard InChI is InChI=1S/C62H42N4/c1-5-19-44(20-6-1)57-42-60(64-61(63-57)48-25-11-4-12-26-48)47-37-35-43(36-38-47)49-27-17-28-50(39-49)53-31-13-15-33-55(53)56-34-16-14-32-54(56)51-29-18-30-52(40-51)62-65-58(45-21-7-2-8-22-45)41-59(66-62)46-23-9-3-10-24-46/h1-42H. The summed E-state index contributed by atoms with van der Waals surface area (Å²) < 4.78 is 0. The van der Waals surface area contributed by atoms with Gasteiger partial charge in [-0.1, -0.05) is 231 Å². The molecule has 9 aromatic carbocycles. The van der Waals surface area contributed by atoms with E-state index in [1.165, 1.54) is 0 Å². The third-order valence-electron chi connectivity index (χ3n) is 12.0. The lowest BCUT2D eigenvalue weighted by Crippen LogP contribution is -1.96.